The third-order valence-electron chi connectivity index (χ3n) is 8.84. The minimum atomic E-state index is -0.614. The zero-order valence-corrected chi connectivity index (χ0v) is 30.6. The van der Waals surface area contributed by atoms with Gasteiger partial charge in [-0.25, -0.2) is 29.1 Å². The number of aromatic nitrogens is 7. The molecule has 0 aliphatic heterocycles. The number of hydrogen-bond acceptors (Lipinski definition) is 11. The molecule has 0 saturated heterocycles. The third kappa shape index (κ3) is 9.06. The first-order valence-corrected chi connectivity index (χ1v) is 17.8. The summed E-state index contributed by atoms with van der Waals surface area (Å²) in [5.74, 6) is -1.21. The van der Waals surface area contributed by atoms with Gasteiger partial charge in [0.25, 0.3) is 11.1 Å². The van der Waals surface area contributed by atoms with Gasteiger partial charge >= 0.3 is 23.3 Å². The van der Waals surface area contributed by atoms with Crippen LogP contribution in [0.4, 0.5) is 0 Å². The summed E-state index contributed by atoms with van der Waals surface area (Å²) in [6, 6.07) is 33.8. The standard InChI is InChI=1S/C22H17N3O4.C21H16N4O4/c26-20-18-11-17(21(27)29-14-16-9-5-2-6-10-16)12-23-19(18)24-22(28)25(20)13-15-7-3-1-4-8-15;26-19-17-10-16(20(27)29-13-15-6-8-22-9-7-15)11-23-18(17)24-21(28)25(19)12-14-4-2-1-3-5-14/h1-12H,13-14H2,(H,23,24,28);1-11H,12-13H2,(H,23,24,28). The summed E-state index contributed by atoms with van der Waals surface area (Å²) in [7, 11) is 0. The molecule has 0 saturated carbocycles. The molecule has 3 aromatic carbocycles. The van der Waals surface area contributed by atoms with Crippen molar-refractivity contribution in [1.82, 2.24) is 34.1 Å². The van der Waals surface area contributed by atoms with E-state index in [1.54, 1.807) is 24.5 Å². The number of aromatic amines is 2. The zero-order valence-electron chi connectivity index (χ0n) is 30.6. The Balaban J connectivity index is 0.000000177. The lowest BCUT2D eigenvalue weighted by Crippen LogP contribution is -2.35. The molecule has 0 fully saturated rings. The molecule has 2 N–H and O–H groups in total. The van der Waals surface area contributed by atoms with Crippen LogP contribution in [0, 0.1) is 0 Å². The quantitative estimate of drug-likeness (QED) is 0.187. The Morgan fingerprint density at radius 3 is 1.31 bits per heavy atom. The summed E-state index contributed by atoms with van der Waals surface area (Å²) in [5, 5.41) is 0.286. The highest BCUT2D eigenvalue weighted by molar-refractivity contribution is 5.93. The molecule has 0 unspecified atom stereocenters. The Morgan fingerprint density at radius 1 is 0.517 bits per heavy atom. The van der Waals surface area contributed by atoms with E-state index in [0.29, 0.717) is 0 Å². The van der Waals surface area contributed by atoms with Crippen LogP contribution >= 0.6 is 0 Å². The van der Waals surface area contributed by atoms with Crippen molar-refractivity contribution in [2.45, 2.75) is 26.3 Å². The Morgan fingerprint density at radius 2 is 0.897 bits per heavy atom. The molecule has 8 aromatic rings. The molecule has 5 aromatic heterocycles. The van der Waals surface area contributed by atoms with Crippen LogP contribution in [0.3, 0.4) is 0 Å². The molecule has 15 nitrogen and oxygen atoms in total. The van der Waals surface area contributed by atoms with E-state index >= 15 is 0 Å². The largest absolute Gasteiger partial charge is 0.457 e. The number of nitrogens with zero attached hydrogens (tertiary/aromatic N) is 5. The molecular weight excluding hydrogens is 743 g/mol. The molecular formula is C43H33N7O8. The third-order valence-corrected chi connectivity index (χ3v) is 8.84. The average Bonchev–Trinajstić information content (AvgIpc) is 3.26. The Kier molecular flexibility index (Phi) is 11.6. The van der Waals surface area contributed by atoms with Gasteiger partial charge in [0.15, 0.2) is 0 Å². The molecule has 288 valence electrons. The fraction of sp³-hybridized carbons (Fsp3) is 0.0930. The van der Waals surface area contributed by atoms with Gasteiger partial charge in [-0.1, -0.05) is 91.0 Å². The first-order valence-electron chi connectivity index (χ1n) is 17.8. The van der Waals surface area contributed by atoms with E-state index in [1.807, 2.05) is 91.0 Å². The number of carbonyl (C=O) groups is 2. The summed E-state index contributed by atoms with van der Waals surface area (Å²) >= 11 is 0. The number of carbonyl (C=O) groups excluding carboxylic acids is 2. The van der Waals surface area contributed by atoms with Crippen LogP contribution in [0.15, 0.2) is 159 Å². The molecule has 0 amide bonds. The zero-order chi connectivity index (χ0) is 40.4. The predicted molar refractivity (Wildman–Crippen MR) is 213 cm³/mol. The first kappa shape index (κ1) is 38.2. The fourth-order valence-corrected chi connectivity index (χ4v) is 5.83. The highest BCUT2D eigenvalue weighted by atomic mass is 16.5. The van der Waals surface area contributed by atoms with Gasteiger partial charge in [-0.2, -0.15) is 0 Å². The van der Waals surface area contributed by atoms with Gasteiger partial charge in [0.05, 0.1) is 35.0 Å². The van der Waals surface area contributed by atoms with Crippen LogP contribution in [-0.2, 0) is 35.8 Å². The van der Waals surface area contributed by atoms with Gasteiger partial charge in [0, 0.05) is 24.8 Å². The number of esters is 2. The number of hydrogen-bond donors (Lipinski definition) is 2. The van der Waals surface area contributed by atoms with Crippen LogP contribution < -0.4 is 22.5 Å². The number of H-pyrrole nitrogens is 2. The van der Waals surface area contributed by atoms with Crippen molar-refractivity contribution in [3.63, 3.8) is 0 Å². The van der Waals surface area contributed by atoms with Crippen molar-refractivity contribution >= 4 is 34.0 Å². The summed E-state index contributed by atoms with van der Waals surface area (Å²) in [4.78, 5) is 92.2. The number of benzene rings is 3. The topological polar surface area (TPSA) is 201 Å². The lowest BCUT2D eigenvalue weighted by atomic mass is 10.2. The molecule has 58 heavy (non-hydrogen) atoms. The van der Waals surface area contributed by atoms with Crippen molar-refractivity contribution in [3.8, 4) is 0 Å². The number of nitrogens with one attached hydrogen (secondary N) is 2. The van der Waals surface area contributed by atoms with Gasteiger partial charge in [0.2, 0.25) is 0 Å². The first-order chi connectivity index (χ1) is 28.2. The van der Waals surface area contributed by atoms with Crippen LogP contribution in [0.25, 0.3) is 22.1 Å². The van der Waals surface area contributed by atoms with Crippen molar-refractivity contribution in [3.05, 3.63) is 215 Å². The van der Waals surface area contributed by atoms with Crippen molar-refractivity contribution in [1.29, 1.82) is 0 Å². The number of rotatable bonds is 10. The molecule has 8 rings (SSSR count). The van der Waals surface area contributed by atoms with E-state index in [4.69, 9.17) is 9.47 Å². The Labute approximate surface area is 327 Å². The molecule has 0 aliphatic carbocycles. The van der Waals surface area contributed by atoms with Crippen molar-refractivity contribution in [2.75, 3.05) is 0 Å². The summed E-state index contributed by atoms with van der Waals surface area (Å²) in [5.41, 5.74) is 1.61. The second-order valence-electron chi connectivity index (χ2n) is 12.8. The highest BCUT2D eigenvalue weighted by Crippen LogP contribution is 2.12. The van der Waals surface area contributed by atoms with Gasteiger partial charge in [0.1, 0.15) is 24.5 Å². The lowest BCUT2D eigenvalue weighted by molar-refractivity contribution is 0.0463. The molecule has 5 heterocycles. The van der Waals surface area contributed by atoms with Gasteiger partial charge < -0.3 is 9.47 Å². The van der Waals surface area contributed by atoms with E-state index in [-0.39, 0.29) is 59.5 Å². The van der Waals surface area contributed by atoms with Crippen molar-refractivity contribution < 1.29 is 19.1 Å². The van der Waals surface area contributed by atoms with Crippen LogP contribution in [-0.4, -0.2) is 46.0 Å². The smallest absolute Gasteiger partial charge is 0.340 e. The number of pyridine rings is 3. The van der Waals surface area contributed by atoms with Crippen molar-refractivity contribution in [2.24, 2.45) is 0 Å². The van der Waals surface area contributed by atoms with E-state index in [0.717, 1.165) is 31.4 Å². The second kappa shape index (κ2) is 17.6. The SMILES string of the molecule is O=C(OCc1ccccc1)c1cnc2[nH]c(=O)n(Cc3ccccc3)c(=O)c2c1.O=C(OCc1ccncc1)c1cnc2[nH]c(=O)n(Cc3ccccc3)c(=O)c2c1. The normalized spacial score (nSPS) is 10.8. The maximum absolute atomic E-state index is 12.9. The van der Waals surface area contributed by atoms with E-state index in [1.165, 1.54) is 24.5 Å². The van der Waals surface area contributed by atoms with Gasteiger partial charge in [-0.3, -0.25) is 33.7 Å². The fourth-order valence-electron chi connectivity index (χ4n) is 5.83. The lowest BCUT2D eigenvalue weighted by Gasteiger charge is -2.08. The highest BCUT2D eigenvalue weighted by Gasteiger charge is 2.16. The molecule has 0 bridgehead atoms. The average molecular weight is 776 g/mol. The maximum atomic E-state index is 12.9. The predicted octanol–water partition coefficient (Wildman–Crippen LogP) is 4.38. The molecule has 0 atom stereocenters. The number of fused-ring (bicyclic) bond motifs is 2. The van der Waals surface area contributed by atoms with Crippen LogP contribution in [0.5, 0.6) is 0 Å². The van der Waals surface area contributed by atoms with Gasteiger partial charge in [-0.15, -0.1) is 0 Å². The monoisotopic (exact) mass is 775 g/mol. The summed E-state index contributed by atoms with van der Waals surface area (Å²) < 4.78 is 12.7. The summed E-state index contributed by atoms with van der Waals surface area (Å²) in [6.07, 6.45) is 5.76. The minimum Gasteiger partial charge on any atom is -0.457 e. The Bertz CT molecular complexity index is 2760. The molecule has 0 aliphatic rings. The molecule has 0 spiro atoms. The molecule has 0 radical (unpaired) electrons. The molecule has 15 heteroatoms. The number of ether oxygens (including phenoxy) is 2. The second-order valence-corrected chi connectivity index (χ2v) is 12.8. The van der Waals surface area contributed by atoms with Crippen LogP contribution in [0.1, 0.15) is 43.0 Å². The van der Waals surface area contributed by atoms with E-state index < -0.39 is 34.4 Å². The van der Waals surface area contributed by atoms with Gasteiger partial charge in [-0.05, 0) is 46.5 Å². The summed E-state index contributed by atoms with van der Waals surface area (Å²) in [6.45, 7) is 0.417. The minimum absolute atomic E-state index is 0.0727. The maximum Gasteiger partial charge on any atom is 0.340 e. The van der Waals surface area contributed by atoms with Crippen LogP contribution in [0.2, 0.25) is 0 Å². The van der Waals surface area contributed by atoms with E-state index in [2.05, 4.69) is 24.9 Å². The van der Waals surface area contributed by atoms with E-state index in [9.17, 15) is 28.8 Å². The Hall–Kier alpha value is -8.07.